The van der Waals surface area contributed by atoms with E-state index in [2.05, 4.69) is 0 Å². The third-order valence-electron chi connectivity index (χ3n) is 3.00. The number of benzene rings is 1. The molecule has 0 radical (unpaired) electrons. The van der Waals surface area contributed by atoms with Crippen LogP contribution in [0.2, 0.25) is 0 Å². The number of aryl methyl sites for hydroxylation is 1. The van der Waals surface area contributed by atoms with E-state index in [-0.39, 0.29) is 36.9 Å². The number of anilines is 1. The molecule has 0 saturated carbocycles. The zero-order valence-corrected chi connectivity index (χ0v) is 11.9. The zero-order valence-electron chi connectivity index (χ0n) is 11.1. The number of nitrogens with two attached hydrogens (primary N) is 1. The summed E-state index contributed by atoms with van der Waals surface area (Å²) >= 11 is 0. The van der Waals surface area contributed by atoms with E-state index in [0.717, 1.165) is 9.87 Å². The minimum absolute atomic E-state index is 0.0504. The van der Waals surface area contributed by atoms with Gasteiger partial charge in [-0.1, -0.05) is 6.07 Å². The summed E-state index contributed by atoms with van der Waals surface area (Å²) in [7, 11) is -3.82. The molecule has 0 aliphatic carbocycles. The fourth-order valence-electron chi connectivity index (χ4n) is 1.86. The Labute approximate surface area is 113 Å². The molecule has 0 amide bonds. The molecule has 0 saturated heterocycles. The highest BCUT2D eigenvalue weighted by Crippen LogP contribution is 2.28. The molecule has 0 unspecified atom stereocenters. The molecule has 0 fully saturated rings. The van der Waals surface area contributed by atoms with E-state index in [0.29, 0.717) is 5.56 Å². The van der Waals surface area contributed by atoms with Gasteiger partial charge in [-0.2, -0.15) is 4.31 Å². The van der Waals surface area contributed by atoms with Crippen molar-refractivity contribution in [3.8, 4) is 0 Å². The van der Waals surface area contributed by atoms with Crippen LogP contribution in [-0.4, -0.2) is 49.2 Å². The first-order chi connectivity index (χ1) is 8.86. The lowest BCUT2D eigenvalue weighted by Crippen LogP contribution is -2.36. The van der Waals surface area contributed by atoms with E-state index in [1.165, 1.54) is 0 Å². The van der Waals surface area contributed by atoms with E-state index in [1.54, 1.807) is 26.0 Å². The van der Waals surface area contributed by atoms with Crippen molar-refractivity contribution in [3.05, 3.63) is 23.3 Å². The van der Waals surface area contributed by atoms with Gasteiger partial charge < -0.3 is 15.9 Å². The van der Waals surface area contributed by atoms with Gasteiger partial charge in [-0.05, 0) is 31.0 Å². The number of hydrogen-bond donors (Lipinski definition) is 3. The van der Waals surface area contributed by atoms with Crippen LogP contribution < -0.4 is 5.73 Å². The average Bonchev–Trinajstić information content (AvgIpc) is 2.34. The van der Waals surface area contributed by atoms with Crippen molar-refractivity contribution in [2.24, 2.45) is 0 Å². The lowest BCUT2D eigenvalue weighted by Gasteiger charge is -2.23. The molecule has 0 aromatic heterocycles. The molecule has 6 nitrogen and oxygen atoms in total. The van der Waals surface area contributed by atoms with Crippen molar-refractivity contribution in [3.63, 3.8) is 0 Å². The summed E-state index contributed by atoms with van der Waals surface area (Å²) in [6, 6.07) is 3.30. The van der Waals surface area contributed by atoms with Gasteiger partial charge >= 0.3 is 0 Å². The molecule has 7 heteroatoms. The Morgan fingerprint density at radius 2 is 1.68 bits per heavy atom. The van der Waals surface area contributed by atoms with Gasteiger partial charge in [0.1, 0.15) is 4.90 Å². The Morgan fingerprint density at radius 1 is 1.16 bits per heavy atom. The van der Waals surface area contributed by atoms with Crippen LogP contribution in [0.4, 0.5) is 5.69 Å². The van der Waals surface area contributed by atoms with Crippen LogP contribution in [0, 0.1) is 13.8 Å². The van der Waals surface area contributed by atoms with E-state index in [1.807, 2.05) is 0 Å². The lowest BCUT2D eigenvalue weighted by atomic mass is 10.1. The van der Waals surface area contributed by atoms with Gasteiger partial charge in [-0.15, -0.1) is 0 Å². The number of aliphatic hydroxyl groups excluding tert-OH is 2. The number of nitrogen functional groups attached to an aromatic ring is 1. The van der Waals surface area contributed by atoms with Crippen LogP contribution in [0.25, 0.3) is 0 Å². The van der Waals surface area contributed by atoms with Gasteiger partial charge in [0.25, 0.3) is 0 Å². The van der Waals surface area contributed by atoms with Gasteiger partial charge in [-0.25, -0.2) is 8.42 Å². The van der Waals surface area contributed by atoms with E-state index >= 15 is 0 Å². The highest BCUT2D eigenvalue weighted by atomic mass is 32.2. The molecule has 1 aromatic carbocycles. The van der Waals surface area contributed by atoms with Crippen molar-refractivity contribution >= 4 is 15.7 Å². The van der Waals surface area contributed by atoms with Crippen molar-refractivity contribution < 1.29 is 18.6 Å². The second-order valence-electron chi connectivity index (χ2n) is 4.28. The molecule has 1 rings (SSSR count). The molecule has 0 aliphatic rings. The predicted molar refractivity (Wildman–Crippen MR) is 73.3 cm³/mol. The molecule has 0 aliphatic heterocycles. The largest absolute Gasteiger partial charge is 0.398 e. The van der Waals surface area contributed by atoms with Gasteiger partial charge in [0.05, 0.1) is 18.9 Å². The number of aliphatic hydroxyl groups is 2. The molecular formula is C12H20N2O4S. The van der Waals surface area contributed by atoms with Crippen molar-refractivity contribution in [2.45, 2.75) is 18.7 Å². The van der Waals surface area contributed by atoms with Gasteiger partial charge in [0.2, 0.25) is 10.0 Å². The second-order valence-corrected chi connectivity index (χ2v) is 6.15. The fourth-order valence-corrected chi connectivity index (χ4v) is 3.67. The van der Waals surface area contributed by atoms with Crippen LogP contribution in [0.5, 0.6) is 0 Å². The SMILES string of the molecule is Cc1ccc(N)c(S(=O)(=O)N(CCO)CCO)c1C. The molecule has 19 heavy (non-hydrogen) atoms. The zero-order chi connectivity index (χ0) is 14.6. The minimum atomic E-state index is -3.82. The van der Waals surface area contributed by atoms with Crippen molar-refractivity contribution in [1.29, 1.82) is 0 Å². The molecule has 0 spiro atoms. The second kappa shape index (κ2) is 6.33. The molecule has 0 bridgehead atoms. The maximum absolute atomic E-state index is 12.5. The maximum atomic E-state index is 12.5. The summed E-state index contributed by atoms with van der Waals surface area (Å²) in [5.41, 5.74) is 7.35. The van der Waals surface area contributed by atoms with Gasteiger partial charge in [-0.3, -0.25) is 0 Å². The minimum Gasteiger partial charge on any atom is -0.398 e. The molecule has 1 aromatic rings. The quantitative estimate of drug-likeness (QED) is 0.632. The Morgan fingerprint density at radius 3 is 2.16 bits per heavy atom. The third-order valence-corrected chi connectivity index (χ3v) is 5.11. The molecule has 108 valence electrons. The first-order valence-corrected chi connectivity index (χ1v) is 7.37. The Hall–Kier alpha value is -1.15. The number of hydrogen-bond acceptors (Lipinski definition) is 5. The van der Waals surface area contributed by atoms with Crippen LogP contribution in [0.1, 0.15) is 11.1 Å². The average molecular weight is 288 g/mol. The van der Waals surface area contributed by atoms with E-state index in [9.17, 15) is 8.42 Å². The summed E-state index contributed by atoms with van der Waals surface area (Å²) in [5, 5.41) is 17.9. The maximum Gasteiger partial charge on any atom is 0.245 e. The summed E-state index contributed by atoms with van der Waals surface area (Å²) < 4.78 is 26.1. The normalized spacial score (nSPS) is 12.1. The van der Waals surface area contributed by atoms with E-state index < -0.39 is 10.0 Å². The topological polar surface area (TPSA) is 104 Å². The van der Waals surface area contributed by atoms with Gasteiger partial charge in [0, 0.05) is 13.1 Å². The summed E-state index contributed by atoms with van der Waals surface area (Å²) in [6.07, 6.45) is 0. The van der Waals surface area contributed by atoms with Crippen molar-refractivity contribution in [2.75, 3.05) is 32.0 Å². The molecule has 4 N–H and O–H groups in total. The fraction of sp³-hybridized carbons (Fsp3) is 0.500. The number of sulfonamides is 1. The summed E-state index contributed by atoms with van der Waals surface area (Å²) in [6.45, 7) is 2.71. The highest BCUT2D eigenvalue weighted by Gasteiger charge is 2.28. The Balaban J connectivity index is 3.37. The lowest BCUT2D eigenvalue weighted by molar-refractivity contribution is 0.217. The smallest absolute Gasteiger partial charge is 0.245 e. The summed E-state index contributed by atoms with van der Waals surface area (Å²) in [4.78, 5) is 0.0504. The van der Waals surface area contributed by atoms with E-state index in [4.69, 9.17) is 15.9 Å². The third kappa shape index (κ3) is 3.24. The molecule has 0 atom stereocenters. The highest BCUT2D eigenvalue weighted by molar-refractivity contribution is 7.89. The Kier molecular flexibility index (Phi) is 5.30. The standard InChI is InChI=1S/C12H20N2O4S/c1-9-3-4-11(13)12(10(9)2)19(17,18)14(5-7-15)6-8-16/h3-4,15-16H,5-8,13H2,1-2H3. The molecular weight excluding hydrogens is 268 g/mol. The van der Waals surface area contributed by atoms with Crippen LogP contribution in [-0.2, 0) is 10.0 Å². The predicted octanol–water partition coefficient (Wildman–Crippen LogP) is -0.139. The van der Waals surface area contributed by atoms with Gasteiger partial charge in [0.15, 0.2) is 0 Å². The van der Waals surface area contributed by atoms with Crippen molar-refractivity contribution in [1.82, 2.24) is 4.31 Å². The molecule has 0 heterocycles. The van der Waals surface area contributed by atoms with Crippen LogP contribution in [0.3, 0.4) is 0 Å². The number of nitrogens with zero attached hydrogens (tertiary/aromatic N) is 1. The monoisotopic (exact) mass is 288 g/mol. The summed E-state index contributed by atoms with van der Waals surface area (Å²) in [5.74, 6) is 0. The van der Waals surface area contributed by atoms with Crippen LogP contribution >= 0.6 is 0 Å². The number of rotatable bonds is 6. The first kappa shape index (κ1) is 15.9. The Bertz CT molecular complexity index is 537. The van der Waals surface area contributed by atoms with Crippen LogP contribution in [0.15, 0.2) is 17.0 Å². The first-order valence-electron chi connectivity index (χ1n) is 5.93.